The summed E-state index contributed by atoms with van der Waals surface area (Å²) in [6, 6.07) is 0. The Morgan fingerprint density at radius 2 is 2.12 bits per heavy atom. The Morgan fingerprint density at radius 3 is 2.81 bits per heavy atom. The number of halogens is 1. The normalized spacial score (nSPS) is 15.8. The van der Waals surface area contributed by atoms with Crippen molar-refractivity contribution in [1.82, 2.24) is 19.5 Å². The number of hydrogen-bond acceptors (Lipinski definition) is 3. The summed E-state index contributed by atoms with van der Waals surface area (Å²) in [7, 11) is 0. The van der Waals surface area contributed by atoms with Crippen LogP contribution in [0, 0.1) is 5.92 Å². The maximum Gasteiger partial charge on any atom is 0.330 e. The van der Waals surface area contributed by atoms with E-state index in [0.717, 1.165) is 12.8 Å². The van der Waals surface area contributed by atoms with Crippen LogP contribution in [0.3, 0.4) is 0 Å². The fourth-order valence-corrected chi connectivity index (χ4v) is 1.92. The molecule has 0 amide bonds. The molecule has 0 bridgehead atoms. The molecule has 1 aliphatic carbocycles. The highest BCUT2D eigenvalue weighted by Crippen LogP contribution is 2.30. The maximum atomic E-state index is 11.6. The molecule has 0 saturated heterocycles. The largest absolute Gasteiger partial charge is 0.330 e. The van der Waals surface area contributed by atoms with Crippen LogP contribution in [-0.2, 0) is 6.54 Å². The molecule has 7 heteroatoms. The average molecular weight is 241 g/mol. The molecule has 0 radical (unpaired) electrons. The van der Waals surface area contributed by atoms with E-state index in [4.69, 9.17) is 11.6 Å². The van der Waals surface area contributed by atoms with Gasteiger partial charge in [0.05, 0.1) is 0 Å². The molecule has 6 nitrogen and oxygen atoms in total. The van der Waals surface area contributed by atoms with Gasteiger partial charge >= 0.3 is 5.69 Å². The van der Waals surface area contributed by atoms with Crippen LogP contribution in [0.4, 0.5) is 0 Å². The monoisotopic (exact) mass is 240 g/mol. The number of aromatic amines is 2. The molecule has 1 fully saturated rings. The Bertz CT molecular complexity index is 664. The third-order valence-corrected chi connectivity index (χ3v) is 2.92. The fraction of sp³-hybridized carbons (Fsp3) is 0.444. The van der Waals surface area contributed by atoms with Gasteiger partial charge in [-0.1, -0.05) is 0 Å². The summed E-state index contributed by atoms with van der Waals surface area (Å²) in [6.07, 6.45) is 2.23. The Labute approximate surface area is 94.3 Å². The summed E-state index contributed by atoms with van der Waals surface area (Å²) in [6.45, 7) is 0.591. The zero-order valence-corrected chi connectivity index (χ0v) is 9.04. The van der Waals surface area contributed by atoms with Crippen LogP contribution in [0.25, 0.3) is 11.2 Å². The highest BCUT2D eigenvalue weighted by molar-refractivity contribution is 6.28. The van der Waals surface area contributed by atoms with Crippen molar-refractivity contribution in [3.05, 3.63) is 26.1 Å². The topological polar surface area (TPSA) is 83.5 Å². The number of hydrogen-bond donors (Lipinski definition) is 2. The molecular formula is C9H9ClN4O2. The quantitative estimate of drug-likeness (QED) is 0.749. The minimum atomic E-state index is -0.480. The number of H-pyrrole nitrogens is 2. The first-order chi connectivity index (χ1) is 7.65. The van der Waals surface area contributed by atoms with Crippen molar-refractivity contribution < 1.29 is 0 Å². The number of nitrogens with zero attached hydrogens (tertiary/aromatic N) is 2. The molecule has 84 valence electrons. The van der Waals surface area contributed by atoms with E-state index >= 15 is 0 Å². The number of fused-ring (bicyclic) bond motifs is 1. The van der Waals surface area contributed by atoms with E-state index in [0.29, 0.717) is 18.1 Å². The van der Waals surface area contributed by atoms with Crippen molar-refractivity contribution in [1.29, 1.82) is 0 Å². The molecule has 0 unspecified atom stereocenters. The zero-order chi connectivity index (χ0) is 11.3. The van der Waals surface area contributed by atoms with Crippen molar-refractivity contribution in [3.8, 4) is 0 Å². The van der Waals surface area contributed by atoms with Crippen molar-refractivity contribution in [2.75, 3.05) is 0 Å². The van der Waals surface area contributed by atoms with Crippen molar-refractivity contribution in [3.63, 3.8) is 0 Å². The average Bonchev–Trinajstić information content (AvgIpc) is 2.95. The van der Waals surface area contributed by atoms with Gasteiger partial charge in [-0.3, -0.25) is 14.3 Å². The lowest BCUT2D eigenvalue weighted by atomic mass is 10.4. The van der Waals surface area contributed by atoms with Crippen LogP contribution >= 0.6 is 11.6 Å². The number of nitrogens with one attached hydrogen (secondary N) is 2. The first-order valence-electron chi connectivity index (χ1n) is 5.03. The standard InChI is InChI=1S/C9H9ClN4O2/c10-8-11-5-6(12-8)14(3-4-1-2-4)9(16)13-7(5)15/h4H,1-3H2,(H,11,12)(H,13,15,16). The summed E-state index contributed by atoms with van der Waals surface area (Å²) in [5, 5.41) is 0.121. The molecule has 2 aromatic rings. The number of imidazole rings is 1. The molecule has 2 heterocycles. The van der Waals surface area contributed by atoms with Crippen LogP contribution in [-0.4, -0.2) is 19.5 Å². The summed E-state index contributed by atoms with van der Waals surface area (Å²) >= 11 is 5.70. The minimum Gasteiger partial charge on any atom is -0.323 e. The molecule has 3 rings (SSSR count). The van der Waals surface area contributed by atoms with Gasteiger partial charge in [0.25, 0.3) is 5.56 Å². The Kier molecular flexibility index (Phi) is 1.94. The van der Waals surface area contributed by atoms with Crippen LogP contribution in [0.15, 0.2) is 9.59 Å². The van der Waals surface area contributed by atoms with Crippen LogP contribution in [0.5, 0.6) is 0 Å². The van der Waals surface area contributed by atoms with Gasteiger partial charge in [-0.05, 0) is 30.4 Å². The Hall–Kier alpha value is -1.56. The lowest BCUT2D eigenvalue weighted by Crippen LogP contribution is -2.30. The predicted molar refractivity (Wildman–Crippen MR) is 58.7 cm³/mol. The molecule has 0 atom stereocenters. The van der Waals surface area contributed by atoms with Crippen LogP contribution < -0.4 is 11.2 Å². The smallest absolute Gasteiger partial charge is 0.323 e. The molecule has 2 aromatic heterocycles. The van der Waals surface area contributed by atoms with Crippen molar-refractivity contribution in [2.45, 2.75) is 19.4 Å². The molecule has 0 aromatic carbocycles. The fourth-order valence-electron chi connectivity index (χ4n) is 1.74. The Balaban J connectivity index is 2.31. The summed E-state index contributed by atoms with van der Waals surface area (Å²) < 4.78 is 1.47. The second-order valence-electron chi connectivity index (χ2n) is 4.04. The van der Waals surface area contributed by atoms with Crippen LogP contribution in [0.2, 0.25) is 5.28 Å². The van der Waals surface area contributed by atoms with Gasteiger partial charge in [0, 0.05) is 6.54 Å². The summed E-state index contributed by atoms with van der Waals surface area (Å²) in [5.74, 6) is 0.516. The second-order valence-corrected chi connectivity index (χ2v) is 4.40. The number of aromatic nitrogens is 4. The molecule has 2 N–H and O–H groups in total. The third-order valence-electron chi connectivity index (χ3n) is 2.74. The van der Waals surface area contributed by atoms with Gasteiger partial charge in [-0.15, -0.1) is 0 Å². The summed E-state index contributed by atoms with van der Waals surface area (Å²) in [5.41, 5.74) is -0.310. The van der Waals surface area contributed by atoms with E-state index in [2.05, 4.69) is 15.0 Å². The highest BCUT2D eigenvalue weighted by atomic mass is 35.5. The van der Waals surface area contributed by atoms with Gasteiger partial charge < -0.3 is 4.98 Å². The highest BCUT2D eigenvalue weighted by Gasteiger charge is 2.24. The summed E-state index contributed by atoms with van der Waals surface area (Å²) in [4.78, 5) is 32.0. The van der Waals surface area contributed by atoms with Gasteiger partial charge in [-0.25, -0.2) is 4.79 Å². The minimum absolute atomic E-state index is 0.121. The molecule has 0 spiro atoms. The van der Waals surface area contributed by atoms with Gasteiger partial charge in [0.15, 0.2) is 11.2 Å². The van der Waals surface area contributed by atoms with Gasteiger partial charge in [0.1, 0.15) is 0 Å². The van der Waals surface area contributed by atoms with E-state index in [-0.39, 0.29) is 10.8 Å². The third kappa shape index (κ3) is 1.46. The zero-order valence-electron chi connectivity index (χ0n) is 8.29. The van der Waals surface area contributed by atoms with Gasteiger partial charge in [-0.2, -0.15) is 4.98 Å². The van der Waals surface area contributed by atoms with Crippen molar-refractivity contribution >= 4 is 22.8 Å². The molecule has 1 aliphatic rings. The molecule has 1 saturated carbocycles. The first kappa shape index (κ1) is 9.65. The predicted octanol–water partition coefficient (Wildman–Crippen LogP) is 0.476. The van der Waals surface area contributed by atoms with E-state index in [1.54, 1.807) is 0 Å². The molecular weight excluding hydrogens is 232 g/mol. The van der Waals surface area contributed by atoms with E-state index < -0.39 is 11.2 Å². The Morgan fingerprint density at radius 1 is 1.38 bits per heavy atom. The lowest BCUT2D eigenvalue weighted by molar-refractivity contribution is 0.607. The van der Waals surface area contributed by atoms with Crippen LogP contribution in [0.1, 0.15) is 12.8 Å². The lowest BCUT2D eigenvalue weighted by Gasteiger charge is -2.03. The first-order valence-corrected chi connectivity index (χ1v) is 5.41. The van der Waals surface area contributed by atoms with Crippen molar-refractivity contribution in [2.24, 2.45) is 5.92 Å². The van der Waals surface area contributed by atoms with Gasteiger partial charge in [0.2, 0.25) is 5.28 Å². The van der Waals surface area contributed by atoms with E-state index in [1.807, 2.05) is 0 Å². The van der Waals surface area contributed by atoms with E-state index in [9.17, 15) is 9.59 Å². The van der Waals surface area contributed by atoms with E-state index in [1.165, 1.54) is 4.57 Å². The molecule has 0 aliphatic heterocycles. The maximum absolute atomic E-state index is 11.6. The second kappa shape index (κ2) is 3.21. The molecule has 16 heavy (non-hydrogen) atoms. The SMILES string of the molecule is O=c1[nH]c(=O)n(CC2CC2)c2nc(Cl)[nH]c12. The number of rotatable bonds is 2.